The first-order valence-corrected chi connectivity index (χ1v) is 12.9. The Kier molecular flexibility index (Phi) is 9.57. The Morgan fingerprint density at radius 3 is 1.44 bits per heavy atom. The van der Waals surface area contributed by atoms with E-state index in [1.807, 2.05) is 54.6 Å². The third-order valence-corrected chi connectivity index (χ3v) is 6.58. The van der Waals surface area contributed by atoms with Gasteiger partial charge in [-0.15, -0.1) is 0 Å². The maximum absolute atomic E-state index is 6.37. The molecule has 4 rings (SSSR count). The molecule has 0 aliphatic carbocycles. The first-order chi connectivity index (χ1) is 19.0. The average molecular weight is 529 g/mol. The molecule has 39 heavy (non-hydrogen) atoms. The molecular weight excluding hydrogens is 492 g/mol. The Bertz CT molecular complexity index is 1360. The topological polar surface area (TPSA) is 55.4 Å². The number of aryl methyl sites for hydroxylation is 4. The van der Waals surface area contributed by atoms with E-state index in [-0.39, 0.29) is 0 Å². The van der Waals surface area contributed by atoms with Gasteiger partial charge in [-0.05, 0) is 96.5 Å². The van der Waals surface area contributed by atoms with Gasteiger partial charge in [-0.25, -0.2) is 0 Å². The van der Waals surface area contributed by atoms with Crippen molar-refractivity contribution in [3.8, 4) is 40.2 Å². The van der Waals surface area contributed by atoms with Gasteiger partial charge in [0, 0.05) is 12.1 Å². The van der Waals surface area contributed by atoms with Gasteiger partial charge in [0.15, 0.2) is 11.5 Å². The number of ether oxygens (including phenoxy) is 6. The summed E-state index contributed by atoms with van der Waals surface area (Å²) in [5.41, 5.74) is 4.60. The molecule has 0 amide bonds. The van der Waals surface area contributed by atoms with Crippen molar-refractivity contribution in [1.29, 1.82) is 0 Å². The van der Waals surface area contributed by atoms with Crippen LogP contribution in [-0.4, -0.2) is 35.5 Å². The summed E-state index contributed by atoms with van der Waals surface area (Å²) in [6.45, 7) is 0. The van der Waals surface area contributed by atoms with E-state index in [0.717, 1.165) is 65.4 Å². The van der Waals surface area contributed by atoms with Crippen molar-refractivity contribution in [2.75, 3.05) is 35.5 Å². The highest BCUT2D eigenvalue weighted by molar-refractivity contribution is 5.48. The average Bonchev–Trinajstić information content (AvgIpc) is 2.98. The van der Waals surface area contributed by atoms with E-state index >= 15 is 0 Å². The molecule has 0 aliphatic heterocycles. The molecule has 4 aromatic carbocycles. The second-order valence-electron chi connectivity index (χ2n) is 9.18. The normalized spacial score (nSPS) is 10.6. The number of hydrogen-bond donors (Lipinski definition) is 0. The van der Waals surface area contributed by atoms with Gasteiger partial charge in [-0.3, -0.25) is 0 Å². The lowest BCUT2D eigenvalue weighted by Crippen LogP contribution is -1.98. The molecule has 0 aliphatic rings. The predicted octanol–water partition coefficient (Wildman–Crippen LogP) is 7.09. The number of benzene rings is 4. The first kappa shape index (κ1) is 27.7. The van der Waals surface area contributed by atoms with Crippen molar-refractivity contribution in [1.82, 2.24) is 0 Å². The number of methoxy groups -OCH3 is 5. The Balaban J connectivity index is 1.51. The fourth-order valence-corrected chi connectivity index (χ4v) is 4.45. The van der Waals surface area contributed by atoms with Crippen LogP contribution in [0.1, 0.15) is 22.3 Å². The van der Waals surface area contributed by atoms with Crippen molar-refractivity contribution < 1.29 is 28.4 Å². The third-order valence-electron chi connectivity index (χ3n) is 6.58. The zero-order chi connectivity index (χ0) is 27.6. The smallest absolute Gasteiger partial charge is 0.169 e. The van der Waals surface area contributed by atoms with Crippen molar-refractivity contribution in [2.45, 2.75) is 25.7 Å². The van der Waals surface area contributed by atoms with Gasteiger partial charge >= 0.3 is 0 Å². The summed E-state index contributed by atoms with van der Waals surface area (Å²) in [7, 11) is 8.32. The van der Waals surface area contributed by atoms with Crippen LogP contribution in [0.5, 0.6) is 40.2 Å². The van der Waals surface area contributed by atoms with Crippen LogP contribution in [0, 0.1) is 0 Å². The molecule has 0 bridgehead atoms. The Morgan fingerprint density at radius 1 is 0.385 bits per heavy atom. The molecule has 204 valence electrons. The molecule has 0 unspecified atom stereocenters. The van der Waals surface area contributed by atoms with Crippen LogP contribution in [0.25, 0.3) is 0 Å². The van der Waals surface area contributed by atoms with Gasteiger partial charge < -0.3 is 28.4 Å². The van der Waals surface area contributed by atoms with Gasteiger partial charge in [0.2, 0.25) is 0 Å². The highest BCUT2D eigenvalue weighted by Crippen LogP contribution is 2.35. The van der Waals surface area contributed by atoms with Crippen LogP contribution >= 0.6 is 0 Å². The monoisotopic (exact) mass is 528 g/mol. The quantitative estimate of drug-likeness (QED) is 0.185. The minimum absolute atomic E-state index is 0.658. The molecule has 0 saturated carbocycles. The van der Waals surface area contributed by atoms with Crippen molar-refractivity contribution in [2.24, 2.45) is 0 Å². The van der Waals surface area contributed by atoms with E-state index in [9.17, 15) is 0 Å². The molecule has 4 aromatic rings. The lowest BCUT2D eigenvalue weighted by molar-refractivity contribution is 0.375. The highest BCUT2D eigenvalue weighted by Gasteiger charge is 2.11. The molecule has 0 atom stereocenters. The summed E-state index contributed by atoms with van der Waals surface area (Å²) in [5.74, 6) is 5.19. The van der Waals surface area contributed by atoms with Gasteiger partial charge in [0.05, 0.1) is 35.5 Å². The van der Waals surface area contributed by atoms with Crippen LogP contribution in [0.2, 0.25) is 0 Å². The second-order valence-corrected chi connectivity index (χ2v) is 9.18. The summed E-state index contributed by atoms with van der Waals surface area (Å²) in [4.78, 5) is 0. The molecule has 0 heterocycles. The highest BCUT2D eigenvalue weighted by atomic mass is 16.5. The van der Waals surface area contributed by atoms with Crippen LogP contribution < -0.4 is 28.4 Å². The zero-order valence-electron chi connectivity index (χ0n) is 23.3. The van der Waals surface area contributed by atoms with E-state index in [0.29, 0.717) is 17.2 Å². The summed E-state index contributed by atoms with van der Waals surface area (Å²) in [6.07, 6.45) is 3.35. The largest absolute Gasteiger partial charge is 0.497 e. The first-order valence-electron chi connectivity index (χ1n) is 12.9. The molecule has 0 N–H and O–H groups in total. The van der Waals surface area contributed by atoms with E-state index in [4.69, 9.17) is 28.4 Å². The maximum atomic E-state index is 6.37. The summed E-state index contributed by atoms with van der Waals surface area (Å²) >= 11 is 0. The van der Waals surface area contributed by atoms with E-state index < -0.39 is 0 Å². The zero-order valence-corrected chi connectivity index (χ0v) is 23.3. The van der Waals surface area contributed by atoms with Gasteiger partial charge in [0.25, 0.3) is 0 Å². The van der Waals surface area contributed by atoms with Crippen molar-refractivity contribution >= 4 is 0 Å². The fourth-order valence-electron chi connectivity index (χ4n) is 4.45. The van der Waals surface area contributed by atoms with Gasteiger partial charge in [-0.2, -0.15) is 0 Å². The summed E-state index contributed by atoms with van der Waals surface area (Å²) in [6, 6.07) is 26.1. The maximum Gasteiger partial charge on any atom is 0.169 e. The van der Waals surface area contributed by atoms with E-state index in [1.165, 1.54) is 5.56 Å². The summed E-state index contributed by atoms with van der Waals surface area (Å²) in [5, 5.41) is 0. The molecule has 6 heteroatoms. The molecule has 0 fully saturated rings. The van der Waals surface area contributed by atoms with Crippen LogP contribution in [-0.2, 0) is 25.7 Å². The second kappa shape index (κ2) is 13.5. The Morgan fingerprint density at radius 2 is 0.872 bits per heavy atom. The standard InChI is InChI=1S/C33H36O6/c1-34-27-8-6-7-23(15-27)9-11-26-18-30(37-4)22-31(19-26)39-33-20-24(13-14-32(33)38-5)10-12-25-16-28(35-2)21-29(17-25)36-3/h6-8,13-22H,9-12H2,1-5H3. The van der Waals surface area contributed by atoms with Crippen molar-refractivity contribution in [3.63, 3.8) is 0 Å². The molecule has 0 aromatic heterocycles. The van der Waals surface area contributed by atoms with Gasteiger partial charge in [0.1, 0.15) is 28.7 Å². The lowest BCUT2D eigenvalue weighted by atomic mass is 10.0. The Hall–Kier alpha value is -4.32. The minimum atomic E-state index is 0.658. The molecule has 0 spiro atoms. The van der Waals surface area contributed by atoms with Gasteiger partial charge in [-0.1, -0.05) is 18.2 Å². The van der Waals surface area contributed by atoms with Crippen LogP contribution in [0.3, 0.4) is 0 Å². The SMILES string of the molecule is COc1cccc(CCc2cc(OC)cc(Oc3cc(CCc4cc(OC)cc(OC)c4)ccc3OC)c2)c1. The third kappa shape index (κ3) is 7.60. The molecule has 6 nitrogen and oxygen atoms in total. The Labute approximate surface area is 231 Å². The summed E-state index contributed by atoms with van der Waals surface area (Å²) < 4.78 is 33.7. The van der Waals surface area contributed by atoms with Crippen LogP contribution in [0.4, 0.5) is 0 Å². The van der Waals surface area contributed by atoms with E-state index in [1.54, 1.807) is 35.5 Å². The number of rotatable bonds is 13. The van der Waals surface area contributed by atoms with Crippen LogP contribution in [0.15, 0.2) is 78.9 Å². The predicted molar refractivity (Wildman–Crippen MR) is 153 cm³/mol. The molecular formula is C33H36O6. The fraction of sp³-hybridized carbons (Fsp3) is 0.273. The lowest BCUT2D eigenvalue weighted by Gasteiger charge is -2.15. The molecule has 0 saturated heterocycles. The molecule has 0 radical (unpaired) electrons. The number of hydrogen-bond acceptors (Lipinski definition) is 6. The van der Waals surface area contributed by atoms with E-state index in [2.05, 4.69) is 24.3 Å². The van der Waals surface area contributed by atoms with Crippen molar-refractivity contribution in [3.05, 3.63) is 101 Å². The minimum Gasteiger partial charge on any atom is -0.497 e.